The normalized spacial score (nSPS) is 18.7. The second-order valence-corrected chi connectivity index (χ2v) is 8.02. The maximum Gasteiger partial charge on any atom is 0.222 e. The molecule has 0 aliphatic carbocycles. The van der Waals surface area contributed by atoms with Crippen LogP contribution < -0.4 is 0 Å². The van der Waals surface area contributed by atoms with Crippen LogP contribution in [0.3, 0.4) is 0 Å². The Morgan fingerprint density at radius 3 is 2.30 bits per heavy atom. The van der Waals surface area contributed by atoms with Crippen molar-refractivity contribution in [2.75, 3.05) is 6.54 Å². The predicted molar refractivity (Wildman–Crippen MR) is 86.7 cm³/mol. The Morgan fingerprint density at radius 2 is 1.85 bits per heavy atom. The Balaban J connectivity index is 2.91. The summed E-state index contributed by atoms with van der Waals surface area (Å²) in [5.41, 5.74) is 0.541. The molecule has 1 aliphatic rings. The van der Waals surface area contributed by atoms with Crippen LogP contribution in [-0.2, 0) is 4.79 Å². The van der Waals surface area contributed by atoms with E-state index in [1.54, 1.807) is 0 Å². The molecule has 0 aromatic rings. The van der Waals surface area contributed by atoms with Crippen LogP contribution in [0.15, 0.2) is 0 Å². The number of rotatable bonds is 8. The van der Waals surface area contributed by atoms with Crippen LogP contribution >= 0.6 is 0 Å². The van der Waals surface area contributed by atoms with Crippen molar-refractivity contribution in [1.82, 2.24) is 4.90 Å². The molecule has 0 aromatic carbocycles. The summed E-state index contributed by atoms with van der Waals surface area (Å²) in [7, 11) is 0. The zero-order valence-electron chi connectivity index (χ0n) is 14.6. The van der Waals surface area contributed by atoms with E-state index >= 15 is 0 Å². The molecule has 0 aromatic heterocycles. The van der Waals surface area contributed by atoms with E-state index in [1.807, 2.05) is 0 Å². The number of hydrogen-bond acceptors (Lipinski definition) is 1. The number of nitrogens with zero attached hydrogens (tertiary/aromatic N) is 1. The molecular weight excluding hydrogens is 246 g/mol. The van der Waals surface area contributed by atoms with E-state index in [2.05, 4.69) is 46.4 Å². The van der Waals surface area contributed by atoms with E-state index in [0.717, 1.165) is 25.8 Å². The van der Waals surface area contributed by atoms with Gasteiger partial charge in [0.25, 0.3) is 0 Å². The van der Waals surface area contributed by atoms with Gasteiger partial charge in [0.2, 0.25) is 5.91 Å². The van der Waals surface area contributed by atoms with E-state index < -0.39 is 0 Å². The zero-order valence-corrected chi connectivity index (χ0v) is 14.6. The highest BCUT2D eigenvalue weighted by molar-refractivity contribution is 5.78. The number of likely N-dealkylation sites (tertiary alicyclic amines) is 1. The Kier molecular flexibility index (Phi) is 6.09. The van der Waals surface area contributed by atoms with Gasteiger partial charge >= 0.3 is 0 Å². The standard InChI is InChI=1S/C18H35NO/c1-7-9-12-18(5,6)15(14-17(3,4)8-2)19-13-10-11-16(19)20/h15H,7-14H2,1-6H3. The lowest BCUT2D eigenvalue weighted by molar-refractivity contribution is -0.133. The molecule has 1 aliphatic heterocycles. The maximum atomic E-state index is 12.2. The molecule has 20 heavy (non-hydrogen) atoms. The molecule has 0 spiro atoms. The van der Waals surface area contributed by atoms with Crippen molar-refractivity contribution in [3.05, 3.63) is 0 Å². The minimum atomic E-state index is 0.225. The van der Waals surface area contributed by atoms with Crippen molar-refractivity contribution >= 4 is 5.91 Å². The summed E-state index contributed by atoms with van der Waals surface area (Å²) in [4.78, 5) is 14.4. The molecule has 1 fully saturated rings. The molecular formula is C18H35NO. The number of unbranched alkanes of at least 4 members (excludes halogenated alkanes) is 1. The number of amides is 1. The highest BCUT2D eigenvalue weighted by Gasteiger charge is 2.40. The van der Waals surface area contributed by atoms with E-state index in [4.69, 9.17) is 0 Å². The molecule has 1 unspecified atom stereocenters. The fourth-order valence-electron chi connectivity index (χ4n) is 3.27. The van der Waals surface area contributed by atoms with Crippen molar-refractivity contribution in [2.45, 2.75) is 92.5 Å². The summed E-state index contributed by atoms with van der Waals surface area (Å²) in [5.74, 6) is 0.381. The SMILES string of the molecule is CCCCC(C)(C)C(CC(C)(C)CC)N1CCCC1=O. The van der Waals surface area contributed by atoms with Gasteiger partial charge in [0.1, 0.15) is 0 Å². The fourth-order valence-corrected chi connectivity index (χ4v) is 3.27. The van der Waals surface area contributed by atoms with Crippen molar-refractivity contribution in [2.24, 2.45) is 10.8 Å². The predicted octanol–water partition coefficient (Wildman–Crippen LogP) is 5.02. The molecule has 1 amide bonds. The quantitative estimate of drug-likeness (QED) is 0.611. The molecule has 2 nitrogen and oxygen atoms in total. The molecule has 1 rings (SSSR count). The molecule has 0 bridgehead atoms. The highest BCUT2D eigenvalue weighted by atomic mass is 16.2. The van der Waals surface area contributed by atoms with Gasteiger partial charge < -0.3 is 4.90 Å². The van der Waals surface area contributed by atoms with Crippen molar-refractivity contribution in [1.29, 1.82) is 0 Å². The Labute approximate surface area is 126 Å². The minimum absolute atomic E-state index is 0.225. The van der Waals surface area contributed by atoms with Gasteiger partial charge in [0.05, 0.1) is 0 Å². The third-order valence-corrected chi connectivity index (χ3v) is 5.27. The first-order chi connectivity index (χ1) is 9.23. The van der Waals surface area contributed by atoms with Gasteiger partial charge in [-0.2, -0.15) is 0 Å². The van der Waals surface area contributed by atoms with Gasteiger partial charge in [-0.05, 0) is 30.1 Å². The second-order valence-electron chi connectivity index (χ2n) is 8.02. The fraction of sp³-hybridized carbons (Fsp3) is 0.944. The number of carbonyl (C=O) groups excluding carboxylic acids is 1. The van der Waals surface area contributed by atoms with Crippen LogP contribution in [-0.4, -0.2) is 23.4 Å². The van der Waals surface area contributed by atoms with E-state index in [9.17, 15) is 4.79 Å². The molecule has 1 atom stereocenters. The van der Waals surface area contributed by atoms with Gasteiger partial charge in [0, 0.05) is 19.0 Å². The molecule has 118 valence electrons. The summed E-state index contributed by atoms with van der Waals surface area (Å²) >= 11 is 0. The van der Waals surface area contributed by atoms with Crippen LogP contribution in [0.1, 0.15) is 86.5 Å². The lowest BCUT2D eigenvalue weighted by Gasteiger charge is -2.44. The molecule has 1 saturated heterocycles. The topological polar surface area (TPSA) is 20.3 Å². The molecule has 1 heterocycles. The third kappa shape index (κ3) is 4.49. The molecule has 2 heteroatoms. The van der Waals surface area contributed by atoms with Crippen LogP contribution in [0.25, 0.3) is 0 Å². The van der Waals surface area contributed by atoms with E-state index in [1.165, 1.54) is 25.7 Å². The largest absolute Gasteiger partial charge is 0.339 e. The van der Waals surface area contributed by atoms with Gasteiger partial charge in [-0.1, -0.05) is 60.8 Å². The van der Waals surface area contributed by atoms with Gasteiger partial charge in [0.15, 0.2) is 0 Å². The van der Waals surface area contributed by atoms with Gasteiger partial charge in [-0.25, -0.2) is 0 Å². The van der Waals surface area contributed by atoms with Crippen molar-refractivity contribution in [3.8, 4) is 0 Å². The lowest BCUT2D eigenvalue weighted by atomic mass is 9.71. The second kappa shape index (κ2) is 6.95. The van der Waals surface area contributed by atoms with Gasteiger partial charge in [-0.3, -0.25) is 4.79 Å². The first kappa shape index (κ1) is 17.5. The lowest BCUT2D eigenvalue weighted by Crippen LogP contribution is -2.48. The Bertz CT molecular complexity index is 319. The van der Waals surface area contributed by atoms with Crippen LogP contribution in [0.5, 0.6) is 0 Å². The number of carbonyl (C=O) groups is 1. The van der Waals surface area contributed by atoms with E-state index in [0.29, 0.717) is 17.4 Å². The average Bonchev–Trinajstić information content (AvgIpc) is 2.79. The number of hydrogen-bond donors (Lipinski definition) is 0. The summed E-state index contributed by atoms with van der Waals surface area (Å²) in [5, 5.41) is 0. The molecule has 0 radical (unpaired) electrons. The third-order valence-electron chi connectivity index (χ3n) is 5.27. The molecule has 0 saturated carbocycles. The smallest absolute Gasteiger partial charge is 0.222 e. The summed E-state index contributed by atoms with van der Waals surface area (Å²) < 4.78 is 0. The van der Waals surface area contributed by atoms with Crippen LogP contribution in [0.2, 0.25) is 0 Å². The first-order valence-electron chi connectivity index (χ1n) is 8.53. The van der Waals surface area contributed by atoms with Crippen LogP contribution in [0, 0.1) is 10.8 Å². The maximum absolute atomic E-state index is 12.2. The molecule has 0 N–H and O–H groups in total. The van der Waals surface area contributed by atoms with Crippen molar-refractivity contribution < 1.29 is 4.79 Å². The highest BCUT2D eigenvalue weighted by Crippen LogP contribution is 2.40. The Hall–Kier alpha value is -0.530. The average molecular weight is 281 g/mol. The monoisotopic (exact) mass is 281 g/mol. The minimum Gasteiger partial charge on any atom is -0.339 e. The van der Waals surface area contributed by atoms with Crippen molar-refractivity contribution in [3.63, 3.8) is 0 Å². The van der Waals surface area contributed by atoms with Crippen LogP contribution in [0.4, 0.5) is 0 Å². The Morgan fingerprint density at radius 1 is 1.20 bits per heavy atom. The zero-order chi connectivity index (χ0) is 15.4. The summed E-state index contributed by atoms with van der Waals surface area (Å²) in [6.45, 7) is 14.9. The van der Waals surface area contributed by atoms with E-state index in [-0.39, 0.29) is 5.41 Å². The van der Waals surface area contributed by atoms with Gasteiger partial charge in [-0.15, -0.1) is 0 Å². The summed E-state index contributed by atoms with van der Waals surface area (Å²) in [6, 6.07) is 0.402. The first-order valence-corrected chi connectivity index (χ1v) is 8.53. The summed E-state index contributed by atoms with van der Waals surface area (Å²) in [6.07, 6.45) is 7.83.